The monoisotopic (exact) mass is 148 g/mol. The molecule has 0 amide bonds. The second kappa shape index (κ2) is 5.34. The highest BCUT2D eigenvalue weighted by molar-refractivity contribution is 5.49. The van der Waals surface area contributed by atoms with Crippen molar-refractivity contribution in [1.82, 2.24) is 0 Å². The molecule has 3 N–H and O–H groups in total. The normalized spacial score (nSPS) is 16.3. The van der Waals surface area contributed by atoms with Crippen molar-refractivity contribution >= 4 is 6.29 Å². The lowest BCUT2D eigenvalue weighted by atomic mass is 10.1. The number of aliphatic hydroxyl groups excluding tert-OH is 3. The van der Waals surface area contributed by atoms with Gasteiger partial charge in [0.2, 0.25) is 0 Å². The molecule has 0 radical (unpaired) electrons. The number of aliphatic hydroxyl groups is 3. The molecule has 0 aliphatic carbocycles. The van der Waals surface area contributed by atoms with E-state index in [0.717, 1.165) is 0 Å². The SMILES string of the molecule is O=CCC[C@H](O)[C@H](O)CO. The molecule has 0 fully saturated rings. The fourth-order valence-corrected chi connectivity index (χ4v) is 0.553. The molecule has 0 rings (SSSR count). The van der Waals surface area contributed by atoms with Crippen LogP contribution in [0.2, 0.25) is 0 Å². The van der Waals surface area contributed by atoms with Gasteiger partial charge in [-0.3, -0.25) is 0 Å². The van der Waals surface area contributed by atoms with Gasteiger partial charge in [-0.05, 0) is 6.42 Å². The quantitative estimate of drug-likeness (QED) is 0.422. The van der Waals surface area contributed by atoms with Crippen LogP contribution in [0.1, 0.15) is 12.8 Å². The Morgan fingerprint density at radius 2 is 1.90 bits per heavy atom. The van der Waals surface area contributed by atoms with E-state index in [0.29, 0.717) is 6.29 Å². The molecule has 0 saturated carbocycles. The van der Waals surface area contributed by atoms with E-state index in [1.807, 2.05) is 0 Å². The van der Waals surface area contributed by atoms with E-state index in [4.69, 9.17) is 15.3 Å². The van der Waals surface area contributed by atoms with Crippen molar-refractivity contribution in [2.75, 3.05) is 6.61 Å². The first-order valence-electron chi connectivity index (χ1n) is 3.13. The largest absolute Gasteiger partial charge is 0.394 e. The fourth-order valence-electron chi connectivity index (χ4n) is 0.553. The Hall–Kier alpha value is -0.450. The number of aldehydes is 1. The second-order valence-corrected chi connectivity index (χ2v) is 2.06. The molecule has 4 heteroatoms. The van der Waals surface area contributed by atoms with Gasteiger partial charge >= 0.3 is 0 Å². The molecule has 2 atom stereocenters. The zero-order chi connectivity index (χ0) is 7.98. The number of carbonyl (C=O) groups excluding carboxylic acids is 1. The standard InChI is InChI=1S/C6H12O4/c7-3-1-2-5(9)6(10)4-8/h3,5-6,8-10H,1-2,4H2/t5-,6+/m0/s1. The minimum absolute atomic E-state index is 0.200. The van der Waals surface area contributed by atoms with E-state index < -0.39 is 18.8 Å². The minimum atomic E-state index is -1.13. The molecule has 0 unspecified atom stereocenters. The first-order chi connectivity index (χ1) is 4.72. The van der Waals surface area contributed by atoms with Gasteiger partial charge in [0.1, 0.15) is 12.4 Å². The van der Waals surface area contributed by atoms with Gasteiger partial charge in [0.05, 0.1) is 12.7 Å². The Balaban J connectivity index is 3.40. The van der Waals surface area contributed by atoms with Crippen LogP contribution in [0.4, 0.5) is 0 Å². The van der Waals surface area contributed by atoms with Crippen LogP contribution in [0.5, 0.6) is 0 Å². The van der Waals surface area contributed by atoms with Gasteiger partial charge in [-0.1, -0.05) is 0 Å². The van der Waals surface area contributed by atoms with Gasteiger partial charge in [-0.15, -0.1) is 0 Å². The molecule has 4 nitrogen and oxygen atoms in total. The average molecular weight is 148 g/mol. The van der Waals surface area contributed by atoms with Crippen LogP contribution in [0.3, 0.4) is 0 Å². The molecule has 0 aliphatic rings. The summed E-state index contributed by atoms with van der Waals surface area (Å²) in [4.78, 5) is 9.76. The highest BCUT2D eigenvalue weighted by Gasteiger charge is 2.13. The van der Waals surface area contributed by atoms with Crippen LogP contribution in [-0.4, -0.2) is 40.4 Å². The fraction of sp³-hybridized carbons (Fsp3) is 0.833. The van der Waals surface area contributed by atoms with E-state index in [-0.39, 0.29) is 12.8 Å². The molecule has 0 spiro atoms. The summed E-state index contributed by atoms with van der Waals surface area (Å²) in [7, 11) is 0. The first kappa shape index (κ1) is 9.55. The molecule has 0 heterocycles. The average Bonchev–Trinajstić information content (AvgIpc) is 1.98. The molecule has 0 aromatic heterocycles. The predicted octanol–water partition coefficient (Wildman–Crippen LogP) is -1.32. The Labute approximate surface area is 59.1 Å². The van der Waals surface area contributed by atoms with Crippen molar-refractivity contribution in [1.29, 1.82) is 0 Å². The maximum atomic E-state index is 9.76. The van der Waals surface area contributed by atoms with E-state index in [9.17, 15) is 4.79 Å². The second-order valence-electron chi connectivity index (χ2n) is 2.06. The molecule has 0 aliphatic heterocycles. The molecule has 0 aromatic carbocycles. The van der Waals surface area contributed by atoms with Crippen LogP contribution in [0.15, 0.2) is 0 Å². The van der Waals surface area contributed by atoms with Crippen LogP contribution >= 0.6 is 0 Å². The van der Waals surface area contributed by atoms with Gasteiger partial charge in [0.15, 0.2) is 0 Å². The zero-order valence-corrected chi connectivity index (χ0v) is 5.60. The first-order valence-corrected chi connectivity index (χ1v) is 3.13. The Kier molecular flexibility index (Phi) is 5.10. The lowest BCUT2D eigenvalue weighted by molar-refractivity contribution is -0.108. The van der Waals surface area contributed by atoms with Gasteiger partial charge in [0.25, 0.3) is 0 Å². The van der Waals surface area contributed by atoms with Crippen molar-refractivity contribution < 1.29 is 20.1 Å². The summed E-state index contributed by atoms with van der Waals surface area (Å²) in [6, 6.07) is 0. The molecular formula is C6H12O4. The number of rotatable bonds is 5. The van der Waals surface area contributed by atoms with Gasteiger partial charge < -0.3 is 20.1 Å². The Morgan fingerprint density at radius 1 is 1.30 bits per heavy atom. The maximum absolute atomic E-state index is 9.76. The Bertz CT molecular complexity index is 93.7. The lowest BCUT2D eigenvalue weighted by Gasteiger charge is -2.13. The third-order valence-corrected chi connectivity index (χ3v) is 1.21. The molecule has 0 aromatic rings. The van der Waals surface area contributed by atoms with Crippen LogP contribution in [0, 0.1) is 0 Å². The van der Waals surface area contributed by atoms with Gasteiger partial charge in [0, 0.05) is 6.42 Å². The van der Waals surface area contributed by atoms with Crippen molar-refractivity contribution in [3.05, 3.63) is 0 Å². The van der Waals surface area contributed by atoms with Crippen LogP contribution in [-0.2, 0) is 4.79 Å². The zero-order valence-electron chi connectivity index (χ0n) is 5.60. The van der Waals surface area contributed by atoms with Crippen LogP contribution < -0.4 is 0 Å². The number of carbonyl (C=O) groups is 1. The van der Waals surface area contributed by atoms with E-state index in [1.54, 1.807) is 0 Å². The molecule has 10 heavy (non-hydrogen) atoms. The highest BCUT2D eigenvalue weighted by Crippen LogP contribution is 1.99. The van der Waals surface area contributed by atoms with Crippen LogP contribution in [0.25, 0.3) is 0 Å². The van der Waals surface area contributed by atoms with E-state index in [1.165, 1.54) is 0 Å². The predicted molar refractivity (Wildman–Crippen MR) is 34.4 cm³/mol. The van der Waals surface area contributed by atoms with Gasteiger partial charge in [-0.2, -0.15) is 0 Å². The highest BCUT2D eigenvalue weighted by atomic mass is 16.4. The van der Waals surface area contributed by atoms with Crippen molar-refractivity contribution in [3.63, 3.8) is 0 Å². The number of hydrogen-bond acceptors (Lipinski definition) is 4. The molecular weight excluding hydrogens is 136 g/mol. The minimum Gasteiger partial charge on any atom is -0.394 e. The van der Waals surface area contributed by atoms with Crippen molar-refractivity contribution in [2.24, 2.45) is 0 Å². The summed E-state index contributed by atoms with van der Waals surface area (Å²) in [6.45, 7) is -0.472. The summed E-state index contributed by atoms with van der Waals surface area (Å²) in [5.41, 5.74) is 0. The Morgan fingerprint density at radius 3 is 2.30 bits per heavy atom. The van der Waals surface area contributed by atoms with Crippen molar-refractivity contribution in [3.8, 4) is 0 Å². The smallest absolute Gasteiger partial charge is 0.120 e. The topological polar surface area (TPSA) is 77.8 Å². The summed E-state index contributed by atoms with van der Waals surface area (Å²) in [5, 5.41) is 25.9. The van der Waals surface area contributed by atoms with E-state index >= 15 is 0 Å². The lowest BCUT2D eigenvalue weighted by Crippen LogP contribution is -2.29. The summed E-state index contributed by atoms with van der Waals surface area (Å²) in [6.07, 6.45) is -1.05. The summed E-state index contributed by atoms with van der Waals surface area (Å²) < 4.78 is 0. The molecule has 0 bridgehead atoms. The van der Waals surface area contributed by atoms with Crippen molar-refractivity contribution in [2.45, 2.75) is 25.0 Å². The third kappa shape index (κ3) is 3.55. The summed E-state index contributed by atoms with van der Waals surface area (Å²) in [5.74, 6) is 0. The molecule has 60 valence electrons. The summed E-state index contributed by atoms with van der Waals surface area (Å²) >= 11 is 0. The van der Waals surface area contributed by atoms with E-state index in [2.05, 4.69) is 0 Å². The molecule has 0 saturated heterocycles. The number of hydrogen-bond donors (Lipinski definition) is 3. The van der Waals surface area contributed by atoms with Gasteiger partial charge in [-0.25, -0.2) is 0 Å². The third-order valence-electron chi connectivity index (χ3n) is 1.21. The maximum Gasteiger partial charge on any atom is 0.120 e.